The molecule has 77 heavy (non-hydrogen) atoms. The van der Waals surface area contributed by atoms with Crippen molar-refractivity contribution in [1.29, 1.82) is 0 Å². The maximum absolute atomic E-state index is 14.2. The lowest BCUT2D eigenvalue weighted by Crippen LogP contribution is -2.75. The predicted octanol–water partition coefficient (Wildman–Crippen LogP) is 13.2. The average Bonchev–Trinajstić information content (AvgIpc) is 3.30. The molecule has 0 aliphatic rings. The molecule has 414 valence electrons. The van der Waals surface area contributed by atoms with Crippen LogP contribution in [-0.2, 0) is 60.7 Å². The second-order valence-corrected chi connectivity index (χ2v) is 16.5. The number of Topliss-reactive ketones (excluding diaryl/α,β-unsaturated/α-hetero) is 1. The molecule has 0 amide bonds. The Balaban J connectivity index is 0.000000455. The van der Waals surface area contributed by atoms with E-state index in [1.165, 1.54) is 0 Å². The van der Waals surface area contributed by atoms with Crippen LogP contribution in [0.1, 0.15) is 72.1 Å². The van der Waals surface area contributed by atoms with Gasteiger partial charge in [-0.25, -0.2) is 4.79 Å². The molecule has 6 aromatic rings. The zero-order chi connectivity index (χ0) is 58.3. The second-order valence-electron chi connectivity index (χ2n) is 16.5. The first kappa shape index (κ1) is 60.6. The van der Waals surface area contributed by atoms with E-state index < -0.39 is 195 Å². The summed E-state index contributed by atoms with van der Waals surface area (Å²) in [5, 5.41) is 0. The highest BCUT2D eigenvalue weighted by atomic mass is 19.4. The third-order valence-corrected chi connectivity index (χ3v) is 11.3. The fourth-order valence-corrected chi connectivity index (χ4v) is 7.86. The number of aromatic nitrogens is 1. The Morgan fingerprint density at radius 3 is 0.844 bits per heavy atom. The summed E-state index contributed by atoms with van der Waals surface area (Å²) in [6, 6.07) is 3.61. The first-order valence-electron chi connectivity index (χ1n) is 21.1. The van der Waals surface area contributed by atoms with Crippen LogP contribution in [0.25, 0.3) is 0 Å². The summed E-state index contributed by atoms with van der Waals surface area (Å²) in [6.45, 7) is 2.35. The molecule has 0 unspecified atom stereocenters. The van der Waals surface area contributed by atoms with Gasteiger partial charge in [-0.2, -0.15) is 132 Å². The lowest BCUT2D eigenvalue weighted by molar-refractivity contribution is -0.683. The van der Waals surface area contributed by atoms with Gasteiger partial charge in [-0.3, -0.25) is 4.79 Å². The van der Waals surface area contributed by atoms with Crippen molar-refractivity contribution in [3.8, 4) is 0 Å². The molecule has 0 saturated heterocycles. The zero-order valence-electron chi connectivity index (χ0n) is 37.9. The molecule has 0 aliphatic carbocycles. The van der Waals surface area contributed by atoms with Crippen LogP contribution < -0.4 is 26.4 Å². The Hall–Kier alpha value is -7.23. The quantitative estimate of drug-likeness (QED) is 0.0477. The molecule has 1 heterocycles. The first-order valence-corrected chi connectivity index (χ1v) is 21.1. The summed E-state index contributed by atoms with van der Waals surface area (Å²) in [4.78, 5) is 23.5. The topological polar surface area (TPSA) is 47.2 Å². The number of nitrogens with zero attached hydrogens (tertiary/aromatic N) is 1. The fourth-order valence-electron chi connectivity index (χ4n) is 7.86. The molecule has 0 fully saturated rings. The summed E-state index contributed by atoms with van der Waals surface area (Å²) in [5.41, 5.74) is -29.0. The molecular weight excluding hydrogens is 1110 g/mol. The second kappa shape index (κ2) is 21.3. The van der Waals surface area contributed by atoms with Gasteiger partial charge in [-0.15, -0.1) is 0 Å². The largest absolute Gasteiger partial charge is 0.462 e. The van der Waals surface area contributed by atoms with Crippen LogP contribution in [0, 0.1) is 0 Å². The van der Waals surface area contributed by atoms with Crippen LogP contribution >= 0.6 is 0 Å². The van der Waals surface area contributed by atoms with Crippen molar-refractivity contribution < 1.29 is 124 Å². The summed E-state index contributed by atoms with van der Waals surface area (Å²) < 4.78 is 347. The van der Waals surface area contributed by atoms with E-state index in [-0.39, 0.29) is 18.3 Å². The van der Waals surface area contributed by atoms with Gasteiger partial charge in [-0.1, -0.05) is 78.9 Å². The molecule has 0 bridgehead atoms. The normalized spacial score (nSPS) is 13.2. The minimum atomic E-state index is -6.13. The number of alkyl halides is 24. The van der Waals surface area contributed by atoms with Gasteiger partial charge >= 0.3 is 55.4 Å². The van der Waals surface area contributed by atoms with Crippen molar-refractivity contribution in [3.05, 3.63) is 183 Å². The third kappa shape index (κ3) is 14.4. The van der Waals surface area contributed by atoms with Gasteiger partial charge in [0.15, 0.2) is 12.4 Å². The van der Waals surface area contributed by atoms with Gasteiger partial charge in [0.25, 0.3) is 0 Å². The number of ether oxygens (including phenoxy) is 1. The van der Waals surface area contributed by atoms with Crippen LogP contribution in [0.3, 0.4) is 0 Å². The van der Waals surface area contributed by atoms with Gasteiger partial charge in [-0.05, 0) is 31.2 Å². The van der Waals surface area contributed by atoms with Crippen LogP contribution in [0.4, 0.5) is 105 Å². The number of carbonyl (C=O) groups is 2. The molecule has 0 saturated carbocycles. The number of esters is 1. The summed E-state index contributed by atoms with van der Waals surface area (Å²) in [7, 11) is 0. The van der Waals surface area contributed by atoms with Crippen molar-refractivity contribution in [2.24, 2.45) is 0 Å². The molecule has 29 heteroatoms. The minimum absolute atomic E-state index is 0.0273. The molecule has 0 N–H and O–H groups in total. The van der Waals surface area contributed by atoms with E-state index in [0.717, 1.165) is 0 Å². The van der Waals surface area contributed by atoms with Crippen molar-refractivity contribution >= 4 is 39.7 Å². The maximum atomic E-state index is 14.2. The molecule has 6 rings (SSSR count). The van der Waals surface area contributed by atoms with Crippen LogP contribution in [0.15, 0.2) is 128 Å². The number of ketones is 1. The Bertz CT molecular complexity index is 2660. The Kier molecular flexibility index (Phi) is 16.8. The Morgan fingerprint density at radius 2 is 0.623 bits per heavy atom. The van der Waals surface area contributed by atoms with Crippen molar-refractivity contribution in [3.63, 3.8) is 0 Å². The zero-order valence-corrected chi connectivity index (χ0v) is 37.9. The van der Waals surface area contributed by atoms with E-state index in [1.807, 2.05) is 18.2 Å². The highest BCUT2D eigenvalue weighted by Gasteiger charge is 2.47. The standard InChI is InChI=1S/C32H12BF24.C16H16NO3/c34-25(35,36)13-1-14(26(37,38)39)6-21(5-13)33(22-7-15(27(40,41)42)2-16(8-22)28(43,44)45,23-9-17(29(46,47)48)3-18(10-23)30(49,50)51)24-11-19(31(52,53)54)4-20(12-24)32(55,56)57;1-2-20-16(19)14-8-10-17(11-9-14)12-15(18)13-6-4-3-5-7-13/h1-12H;3-11H,2,12H2,1H3/q-1;+1. The van der Waals surface area contributed by atoms with Gasteiger partial charge in [0, 0.05) is 17.7 Å². The fraction of sp³-hybridized carbons (Fsp3) is 0.229. The number of carbonyl (C=O) groups excluding carboxylic acids is 2. The number of benzene rings is 5. The molecule has 0 spiro atoms. The molecule has 0 aliphatic heterocycles. The van der Waals surface area contributed by atoms with E-state index in [1.54, 1.807) is 48.1 Å². The average molecular weight is 1130 g/mol. The SMILES string of the molecule is CCOC(=O)c1cc[n+](CC(=O)c2ccccc2)cc1.FC(F)(F)c1cc([B-](c2cc(C(F)(F)F)cc(C(F)(F)F)c2)(c2cc(C(F)(F)F)cc(C(F)(F)F)c2)c2cc(C(F)(F)F)cc(C(F)(F)F)c2)cc(C(F)(F)F)c1. The van der Waals surface area contributed by atoms with Gasteiger partial charge in [0.2, 0.25) is 12.3 Å². The van der Waals surface area contributed by atoms with Gasteiger partial charge in [0.1, 0.15) is 6.15 Å². The number of hydrogen-bond acceptors (Lipinski definition) is 3. The highest BCUT2D eigenvalue weighted by molar-refractivity contribution is 7.20. The van der Waals surface area contributed by atoms with E-state index in [4.69, 9.17) is 4.74 Å². The van der Waals surface area contributed by atoms with E-state index in [9.17, 15) is 115 Å². The molecule has 0 atom stereocenters. The number of pyridine rings is 1. The monoisotopic (exact) mass is 1130 g/mol. The number of rotatable bonds is 9. The van der Waals surface area contributed by atoms with Crippen molar-refractivity contribution in [1.82, 2.24) is 0 Å². The smallest absolute Gasteiger partial charge is 0.416 e. The lowest BCUT2D eigenvalue weighted by atomic mass is 9.12. The Labute approximate surface area is 416 Å². The van der Waals surface area contributed by atoms with Crippen molar-refractivity contribution in [2.45, 2.75) is 62.9 Å². The summed E-state index contributed by atoms with van der Waals surface area (Å²) in [5.74, 6) is -0.325. The maximum Gasteiger partial charge on any atom is 0.416 e. The molecule has 1 aromatic heterocycles. The van der Waals surface area contributed by atoms with Gasteiger partial charge < -0.3 is 4.74 Å². The predicted molar refractivity (Wildman–Crippen MR) is 223 cm³/mol. The number of halogens is 24. The van der Waals surface area contributed by atoms with Crippen molar-refractivity contribution in [2.75, 3.05) is 6.61 Å². The van der Waals surface area contributed by atoms with Gasteiger partial charge in [0.05, 0.1) is 56.7 Å². The van der Waals surface area contributed by atoms with Crippen LogP contribution in [0.2, 0.25) is 0 Å². The van der Waals surface area contributed by atoms with E-state index in [0.29, 0.717) is 17.7 Å². The molecule has 0 radical (unpaired) electrons. The van der Waals surface area contributed by atoms with E-state index in [2.05, 4.69) is 0 Å². The lowest BCUT2D eigenvalue weighted by Gasteiger charge is -2.46. The minimum Gasteiger partial charge on any atom is -0.462 e. The van der Waals surface area contributed by atoms with E-state index >= 15 is 0 Å². The Morgan fingerprint density at radius 1 is 0.377 bits per heavy atom. The highest BCUT2D eigenvalue weighted by Crippen LogP contribution is 2.41. The molecular formula is C48H28BF24NO3. The van der Waals surface area contributed by atoms with Crippen LogP contribution in [0.5, 0.6) is 0 Å². The number of hydrogen-bond donors (Lipinski definition) is 0. The summed E-state index contributed by atoms with van der Waals surface area (Å²) in [6.07, 6.45) is -51.4. The molecule has 4 nitrogen and oxygen atoms in total. The summed E-state index contributed by atoms with van der Waals surface area (Å²) >= 11 is 0. The molecule has 5 aromatic carbocycles. The third-order valence-electron chi connectivity index (χ3n) is 11.3. The first-order chi connectivity index (χ1) is 35.0. The van der Waals surface area contributed by atoms with Crippen LogP contribution in [-0.4, -0.2) is 24.5 Å².